The molecule has 0 aliphatic heterocycles. The second kappa shape index (κ2) is 7.20. The van der Waals surface area contributed by atoms with Crippen molar-refractivity contribution in [2.75, 3.05) is 19.0 Å². The van der Waals surface area contributed by atoms with Crippen LogP contribution in [0.25, 0.3) is 0 Å². The molecule has 20 heavy (non-hydrogen) atoms. The smallest absolute Gasteiger partial charge is 0.142 e. The topological polar surface area (TPSA) is 30.5 Å². The zero-order valence-corrected chi connectivity index (χ0v) is 13.2. The minimum absolute atomic E-state index is 0.660. The van der Waals surface area contributed by atoms with Gasteiger partial charge in [0.25, 0.3) is 0 Å². The standard InChI is InChI=1S/C16H18BrNO2/c1-3-20-16-7-5-4-6-14(16)18-11-12-8-9-15(19-2)13(17)10-12/h4-10,18H,3,11H2,1-2H3. The molecule has 106 valence electrons. The van der Waals surface area contributed by atoms with Crippen LogP contribution in [0.4, 0.5) is 5.69 Å². The fraction of sp³-hybridized carbons (Fsp3) is 0.250. The second-order valence-electron chi connectivity index (χ2n) is 4.25. The molecule has 0 saturated heterocycles. The fourth-order valence-corrected chi connectivity index (χ4v) is 2.50. The average molecular weight is 336 g/mol. The first-order valence-corrected chi connectivity index (χ1v) is 7.32. The minimum atomic E-state index is 0.660. The monoisotopic (exact) mass is 335 g/mol. The van der Waals surface area contributed by atoms with E-state index in [2.05, 4.69) is 27.3 Å². The van der Waals surface area contributed by atoms with Gasteiger partial charge in [-0.05, 0) is 52.7 Å². The molecule has 0 unspecified atom stereocenters. The lowest BCUT2D eigenvalue weighted by Gasteiger charge is -2.13. The normalized spacial score (nSPS) is 10.2. The van der Waals surface area contributed by atoms with Crippen molar-refractivity contribution in [1.29, 1.82) is 0 Å². The molecule has 2 aromatic rings. The summed E-state index contributed by atoms with van der Waals surface area (Å²) in [4.78, 5) is 0. The van der Waals surface area contributed by atoms with Crippen molar-refractivity contribution in [3.05, 3.63) is 52.5 Å². The maximum absolute atomic E-state index is 5.59. The Kier molecular flexibility index (Phi) is 5.30. The number of rotatable bonds is 6. The number of anilines is 1. The van der Waals surface area contributed by atoms with E-state index < -0.39 is 0 Å². The molecule has 0 aromatic heterocycles. The number of para-hydroxylation sites is 2. The van der Waals surface area contributed by atoms with E-state index >= 15 is 0 Å². The number of ether oxygens (including phenoxy) is 2. The number of hydrogen-bond acceptors (Lipinski definition) is 3. The summed E-state index contributed by atoms with van der Waals surface area (Å²) in [5, 5.41) is 3.39. The Morgan fingerprint density at radius 1 is 1.10 bits per heavy atom. The largest absolute Gasteiger partial charge is 0.496 e. The first-order chi connectivity index (χ1) is 9.74. The lowest BCUT2D eigenvalue weighted by atomic mass is 10.2. The van der Waals surface area contributed by atoms with Crippen LogP contribution in [-0.4, -0.2) is 13.7 Å². The summed E-state index contributed by atoms with van der Waals surface area (Å²) in [5.41, 5.74) is 2.17. The molecule has 0 aliphatic carbocycles. The van der Waals surface area contributed by atoms with Crippen LogP contribution >= 0.6 is 15.9 Å². The Balaban J connectivity index is 2.07. The summed E-state index contributed by atoms with van der Waals surface area (Å²) in [7, 11) is 1.66. The predicted molar refractivity (Wildman–Crippen MR) is 85.6 cm³/mol. The average Bonchev–Trinajstić information content (AvgIpc) is 2.47. The van der Waals surface area contributed by atoms with Crippen molar-refractivity contribution in [1.82, 2.24) is 0 Å². The molecule has 0 spiro atoms. The Morgan fingerprint density at radius 2 is 1.90 bits per heavy atom. The quantitative estimate of drug-likeness (QED) is 0.844. The Hall–Kier alpha value is -1.68. The first kappa shape index (κ1) is 14.7. The molecule has 1 N–H and O–H groups in total. The number of hydrogen-bond donors (Lipinski definition) is 1. The van der Waals surface area contributed by atoms with Gasteiger partial charge in [-0.3, -0.25) is 0 Å². The molecule has 0 atom stereocenters. The van der Waals surface area contributed by atoms with Gasteiger partial charge in [-0.15, -0.1) is 0 Å². The maximum Gasteiger partial charge on any atom is 0.142 e. The highest BCUT2D eigenvalue weighted by molar-refractivity contribution is 9.10. The molecule has 0 heterocycles. The predicted octanol–water partition coefficient (Wildman–Crippen LogP) is 4.47. The van der Waals surface area contributed by atoms with Gasteiger partial charge in [0.1, 0.15) is 11.5 Å². The van der Waals surface area contributed by atoms with Gasteiger partial charge >= 0.3 is 0 Å². The molecular weight excluding hydrogens is 318 g/mol. The van der Waals surface area contributed by atoms with Crippen LogP contribution in [0.1, 0.15) is 12.5 Å². The third-order valence-electron chi connectivity index (χ3n) is 2.89. The van der Waals surface area contributed by atoms with Gasteiger partial charge in [0.2, 0.25) is 0 Å². The van der Waals surface area contributed by atoms with Crippen molar-refractivity contribution in [2.24, 2.45) is 0 Å². The molecular formula is C16H18BrNO2. The lowest BCUT2D eigenvalue weighted by molar-refractivity contribution is 0.341. The van der Waals surface area contributed by atoms with Crippen LogP contribution in [0.5, 0.6) is 11.5 Å². The van der Waals surface area contributed by atoms with Crippen LogP contribution in [0, 0.1) is 0 Å². The van der Waals surface area contributed by atoms with E-state index in [0.717, 1.165) is 28.2 Å². The summed E-state index contributed by atoms with van der Waals surface area (Å²) in [6, 6.07) is 14.0. The highest BCUT2D eigenvalue weighted by Crippen LogP contribution is 2.27. The molecule has 0 fully saturated rings. The van der Waals surface area contributed by atoms with E-state index in [0.29, 0.717) is 6.61 Å². The van der Waals surface area contributed by atoms with Gasteiger partial charge in [0, 0.05) is 6.54 Å². The van der Waals surface area contributed by atoms with E-state index in [4.69, 9.17) is 9.47 Å². The van der Waals surface area contributed by atoms with Crippen molar-refractivity contribution in [3.8, 4) is 11.5 Å². The summed E-state index contributed by atoms with van der Waals surface area (Å²) in [5.74, 6) is 1.71. The van der Waals surface area contributed by atoms with Gasteiger partial charge in [-0.2, -0.15) is 0 Å². The Labute approximate surface area is 128 Å². The van der Waals surface area contributed by atoms with E-state index in [1.165, 1.54) is 5.56 Å². The molecule has 0 bridgehead atoms. The molecule has 0 amide bonds. The van der Waals surface area contributed by atoms with Gasteiger partial charge in [0.05, 0.1) is 23.9 Å². The van der Waals surface area contributed by atoms with Gasteiger partial charge in [-0.25, -0.2) is 0 Å². The van der Waals surface area contributed by atoms with E-state index in [-0.39, 0.29) is 0 Å². The first-order valence-electron chi connectivity index (χ1n) is 6.52. The van der Waals surface area contributed by atoms with E-state index in [1.54, 1.807) is 7.11 Å². The third kappa shape index (κ3) is 3.67. The van der Waals surface area contributed by atoms with Gasteiger partial charge < -0.3 is 14.8 Å². The molecule has 4 heteroatoms. The van der Waals surface area contributed by atoms with Crippen molar-refractivity contribution >= 4 is 21.6 Å². The maximum atomic E-state index is 5.59. The number of benzene rings is 2. The Bertz CT molecular complexity index is 572. The number of halogens is 1. The summed E-state index contributed by atoms with van der Waals surface area (Å²) < 4.78 is 11.8. The van der Waals surface area contributed by atoms with Crippen molar-refractivity contribution in [2.45, 2.75) is 13.5 Å². The van der Waals surface area contributed by atoms with Crippen LogP contribution in [-0.2, 0) is 6.54 Å². The minimum Gasteiger partial charge on any atom is -0.496 e. The fourth-order valence-electron chi connectivity index (χ4n) is 1.91. The van der Waals surface area contributed by atoms with Crippen molar-refractivity contribution < 1.29 is 9.47 Å². The molecule has 2 aromatic carbocycles. The summed E-state index contributed by atoms with van der Waals surface area (Å²) in [6.07, 6.45) is 0. The third-order valence-corrected chi connectivity index (χ3v) is 3.51. The van der Waals surface area contributed by atoms with Crippen LogP contribution in [0.2, 0.25) is 0 Å². The zero-order chi connectivity index (χ0) is 14.4. The van der Waals surface area contributed by atoms with Crippen LogP contribution in [0.3, 0.4) is 0 Å². The molecule has 0 aliphatic rings. The highest BCUT2D eigenvalue weighted by atomic mass is 79.9. The van der Waals surface area contributed by atoms with E-state index in [9.17, 15) is 0 Å². The lowest BCUT2D eigenvalue weighted by Crippen LogP contribution is -2.02. The van der Waals surface area contributed by atoms with Gasteiger partial charge in [0.15, 0.2) is 0 Å². The highest BCUT2D eigenvalue weighted by Gasteiger charge is 2.04. The SMILES string of the molecule is CCOc1ccccc1NCc1ccc(OC)c(Br)c1. The van der Waals surface area contributed by atoms with Crippen molar-refractivity contribution in [3.63, 3.8) is 0 Å². The second-order valence-corrected chi connectivity index (χ2v) is 5.11. The molecule has 0 saturated carbocycles. The zero-order valence-electron chi connectivity index (χ0n) is 11.7. The van der Waals surface area contributed by atoms with Crippen LogP contribution < -0.4 is 14.8 Å². The molecule has 0 radical (unpaired) electrons. The van der Waals surface area contributed by atoms with Crippen LogP contribution in [0.15, 0.2) is 46.9 Å². The molecule has 3 nitrogen and oxygen atoms in total. The Morgan fingerprint density at radius 3 is 2.60 bits per heavy atom. The number of nitrogens with one attached hydrogen (secondary N) is 1. The summed E-state index contributed by atoms with van der Waals surface area (Å²) in [6.45, 7) is 3.37. The van der Waals surface area contributed by atoms with E-state index in [1.807, 2.05) is 43.3 Å². The molecule has 2 rings (SSSR count). The number of methoxy groups -OCH3 is 1. The van der Waals surface area contributed by atoms with Gasteiger partial charge in [-0.1, -0.05) is 18.2 Å². The summed E-state index contributed by atoms with van der Waals surface area (Å²) >= 11 is 3.50.